The van der Waals surface area contributed by atoms with Gasteiger partial charge >= 0.3 is 5.97 Å². The van der Waals surface area contributed by atoms with E-state index in [9.17, 15) is 9.59 Å². The third-order valence-electron chi connectivity index (χ3n) is 3.37. The molecule has 0 spiro atoms. The first-order valence-corrected chi connectivity index (χ1v) is 6.67. The molecule has 0 fully saturated rings. The van der Waals surface area contributed by atoms with Gasteiger partial charge in [-0.3, -0.25) is 9.59 Å². The predicted molar refractivity (Wildman–Crippen MR) is 72.5 cm³/mol. The van der Waals surface area contributed by atoms with Crippen LogP contribution in [0.2, 0.25) is 0 Å². The summed E-state index contributed by atoms with van der Waals surface area (Å²) in [6.07, 6.45) is 3.81. The summed E-state index contributed by atoms with van der Waals surface area (Å²) < 4.78 is 10.4. The Morgan fingerprint density at radius 3 is 2.53 bits per heavy atom. The minimum atomic E-state index is -0.475. The zero-order chi connectivity index (χ0) is 14.7. The minimum absolute atomic E-state index is 0.0409. The predicted octanol–water partition coefficient (Wildman–Crippen LogP) is 3.01. The summed E-state index contributed by atoms with van der Waals surface area (Å²) in [6, 6.07) is 0. The highest BCUT2D eigenvalue weighted by Gasteiger charge is 2.36. The molecular formula is C15H24O4. The Balaban J connectivity index is 2.56. The van der Waals surface area contributed by atoms with Crippen LogP contribution in [0.25, 0.3) is 0 Å². The molecule has 0 aliphatic heterocycles. The highest BCUT2D eigenvalue weighted by molar-refractivity contribution is 5.96. The lowest BCUT2D eigenvalue weighted by molar-refractivity contribution is -0.155. The van der Waals surface area contributed by atoms with E-state index in [0.717, 1.165) is 12.2 Å². The molecule has 0 aromatic carbocycles. The molecule has 0 aromatic rings. The number of allylic oxidation sites excluding steroid dienone is 2. The second-order valence-electron chi connectivity index (χ2n) is 6.33. The third-order valence-corrected chi connectivity index (χ3v) is 3.37. The highest BCUT2D eigenvalue weighted by Crippen LogP contribution is 2.36. The number of ketones is 1. The van der Waals surface area contributed by atoms with Crippen molar-refractivity contribution in [2.45, 2.75) is 59.0 Å². The van der Waals surface area contributed by atoms with E-state index in [2.05, 4.69) is 0 Å². The second kappa shape index (κ2) is 5.76. The van der Waals surface area contributed by atoms with Gasteiger partial charge in [-0.15, -0.1) is 0 Å². The van der Waals surface area contributed by atoms with Crippen molar-refractivity contribution >= 4 is 11.8 Å². The van der Waals surface area contributed by atoms with E-state index < -0.39 is 11.0 Å². The van der Waals surface area contributed by atoms with Crippen molar-refractivity contribution in [3.8, 4) is 0 Å². The standard InChI is InChI=1S/C15H24O4/c1-14(2,3)19-13(17)7-9-15(4)8-6-11(18-5)10-12(15)16/h10H,6-9H2,1-5H3. The quantitative estimate of drug-likeness (QED) is 0.735. The molecule has 0 saturated heterocycles. The van der Waals surface area contributed by atoms with Crippen molar-refractivity contribution in [2.75, 3.05) is 7.11 Å². The number of carbonyl (C=O) groups excluding carboxylic acids is 2. The molecule has 0 radical (unpaired) electrons. The molecule has 0 N–H and O–H groups in total. The molecule has 1 aliphatic carbocycles. The van der Waals surface area contributed by atoms with Gasteiger partial charge in [0.25, 0.3) is 0 Å². The van der Waals surface area contributed by atoms with E-state index >= 15 is 0 Å². The maximum absolute atomic E-state index is 12.1. The van der Waals surface area contributed by atoms with Crippen LogP contribution >= 0.6 is 0 Å². The lowest BCUT2D eigenvalue weighted by atomic mass is 9.74. The number of hydrogen-bond donors (Lipinski definition) is 0. The fourth-order valence-electron chi connectivity index (χ4n) is 2.09. The summed E-state index contributed by atoms with van der Waals surface area (Å²) in [5, 5.41) is 0. The van der Waals surface area contributed by atoms with Gasteiger partial charge in [0.2, 0.25) is 0 Å². The fraction of sp³-hybridized carbons (Fsp3) is 0.733. The largest absolute Gasteiger partial charge is 0.501 e. The van der Waals surface area contributed by atoms with E-state index in [1.807, 2.05) is 27.7 Å². The topological polar surface area (TPSA) is 52.6 Å². The molecule has 108 valence electrons. The van der Waals surface area contributed by atoms with Crippen LogP contribution in [-0.4, -0.2) is 24.5 Å². The summed E-state index contributed by atoms with van der Waals surface area (Å²) in [7, 11) is 1.57. The van der Waals surface area contributed by atoms with Gasteiger partial charge in [-0.05, 0) is 33.6 Å². The van der Waals surface area contributed by atoms with E-state index in [1.54, 1.807) is 13.2 Å². The van der Waals surface area contributed by atoms with Gasteiger partial charge in [0.15, 0.2) is 5.78 Å². The molecule has 1 unspecified atom stereocenters. The van der Waals surface area contributed by atoms with Gasteiger partial charge in [-0.1, -0.05) is 6.92 Å². The third kappa shape index (κ3) is 4.69. The molecule has 1 aliphatic rings. The average molecular weight is 268 g/mol. The van der Waals surface area contributed by atoms with Gasteiger partial charge in [0.05, 0.1) is 12.9 Å². The molecule has 0 aromatic heterocycles. The Kier molecular flexibility index (Phi) is 4.77. The van der Waals surface area contributed by atoms with Crippen LogP contribution in [0.4, 0.5) is 0 Å². The summed E-state index contributed by atoms with van der Waals surface area (Å²) in [5.41, 5.74) is -0.948. The smallest absolute Gasteiger partial charge is 0.306 e. The van der Waals surface area contributed by atoms with Crippen LogP contribution < -0.4 is 0 Å². The molecule has 4 nitrogen and oxygen atoms in total. The van der Waals surface area contributed by atoms with Gasteiger partial charge in [-0.2, -0.15) is 0 Å². The van der Waals surface area contributed by atoms with Crippen molar-refractivity contribution < 1.29 is 19.1 Å². The van der Waals surface area contributed by atoms with Crippen molar-refractivity contribution in [3.63, 3.8) is 0 Å². The van der Waals surface area contributed by atoms with Gasteiger partial charge in [0, 0.05) is 24.3 Å². The van der Waals surface area contributed by atoms with Crippen molar-refractivity contribution in [2.24, 2.45) is 5.41 Å². The second-order valence-corrected chi connectivity index (χ2v) is 6.33. The molecule has 19 heavy (non-hydrogen) atoms. The zero-order valence-corrected chi connectivity index (χ0v) is 12.5. The number of esters is 1. The van der Waals surface area contributed by atoms with Gasteiger partial charge in [0.1, 0.15) is 5.60 Å². The fourth-order valence-corrected chi connectivity index (χ4v) is 2.09. The Morgan fingerprint density at radius 1 is 1.42 bits per heavy atom. The zero-order valence-electron chi connectivity index (χ0n) is 12.5. The molecular weight excluding hydrogens is 244 g/mol. The van der Waals surface area contributed by atoms with Crippen LogP contribution in [0.3, 0.4) is 0 Å². The van der Waals surface area contributed by atoms with Crippen LogP contribution in [0.5, 0.6) is 0 Å². The number of hydrogen-bond acceptors (Lipinski definition) is 4. The lowest BCUT2D eigenvalue weighted by Crippen LogP contribution is -2.32. The Labute approximate surface area is 115 Å². The molecule has 0 bridgehead atoms. The molecule has 4 heteroatoms. The van der Waals surface area contributed by atoms with Crippen molar-refractivity contribution in [3.05, 3.63) is 11.8 Å². The van der Waals surface area contributed by atoms with Gasteiger partial charge in [-0.25, -0.2) is 0 Å². The highest BCUT2D eigenvalue weighted by atomic mass is 16.6. The average Bonchev–Trinajstić information content (AvgIpc) is 2.28. The molecule has 0 heterocycles. The molecule has 1 rings (SSSR count). The Hall–Kier alpha value is -1.32. The lowest BCUT2D eigenvalue weighted by Gasteiger charge is -2.31. The van der Waals surface area contributed by atoms with Crippen molar-refractivity contribution in [1.82, 2.24) is 0 Å². The number of methoxy groups -OCH3 is 1. The minimum Gasteiger partial charge on any atom is -0.501 e. The monoisotopic (exact) mass is 268 g/mol. The van der Waals surface area contributed by atoms with Crippen molar-refractivity contribution in [1.29, 1.82) is 0 Å². The molecule has 1 atom stereocenters. The first kappa shape index (κ1) is 15.7. The summed E-state index contributed by atoms with van der Waals surface area (Å²) >= 11 is 0. The normalized spacial score (nSPS) is 23.8. The maximum atomic E-state index is 12.1. The first-order chi connectivity index (χ1) is 8.66. The van der Waals surface area contributed by atoms with E-state index in [-0.39, 0.29) is 18.2 Å². The van der Waals surface area contributed by atoms with E-state index in [4.69, 9.17) is 9.47 Å². The Morgan fingerprint density at radius 2 is 2.05 bits per heavy atom. The first-order valence-electron chi connectivity index (χ1n) is 6.67. The van der Waals surface area contributed by atoms with Crippen LogP contribution in [-0.2, 0) is 19.1 Å². The van der Waals surface area contributed by atoms with Crippen LogP contribution in [0.15, 0.2) is 11.8 Å². The number of rotatable bonds is 4. The van der Waals surface area contributed by atoms with E-state index in [0.29, 0.717) is 12.8 Å². The van der Waals surface area contributed by atoms with Crippen LogP contribution in [0, 0.1) is 5.41 Å². The van der Waals surface area contributed by atoms with Gasteiger partial charge < -0.3 is 9.47 Å². The SMILES string of the molecule is COC1=CC(=O)C(C)(CCC(=O)OC(C)(C)C)CC1. The molecule has 0 amide bonds. The summed E-state index contributed by atoms with van der Waals surface area (Å²) in [4.78, 5) is 23.8. The number of ether oxygens (including phenoxy) is 2. The van der Waals surface area contributed by atoms with Crippen LogP contribution in [0.1, 0.15) is 53.4 Å². The summed E-state index contributed by atoms with van der Waals surface area (Å²) in [6.45, 7) is 7.42. The van der Waals surface area contributed by atoms with E-state index in [1.165, 1.54) is 0 Å². The Bertz CT molecular complexity index is 389. The number of carbonyl (C=O) groups is 2. The maximum Gasteiger partial charge on any atom is 0.306 e. The molecule has 0 saturated carbocycles. The summed E-state index contributed by atoms with van der Waals surface area (Å²) in [5.74, 6) is 0.516.